The fourth-order valence-electron chi connectivity index (χ4n) is 1.09. The smallest absolute Gasteiger partial charge is 0.0443 e. The Labute approximate surface area is 105 Å². The molecule has 0 rings (SSSR count). The van der Waals surface area contributed by atoms with Crippen LogP contribution >= 0.6 is 0 Å². The van der Waals surface area contributed by atoms with E-state index in [-0.39, 0.29) is 12.0 Å². The summed E-state index contributed by atoms with van der Waals surface area (Å²) in [5.41, 5.74) is 7.73. The summed E-state index contributed by atoms with van der Waals surface area (Å²) in [6.07, 6.45) is 5.44. The van der Waals surface area contributed by atoms with E-state index < -0.39 is 0 Å². The van der Waals surface area contributed by atoms with Gasteiger partial charge in [-0.15, -0.1) is 0 Å². The summed E-state index contributed by atoms with van der Waals surface area (Å²) in [6, 6.07) is 0.120. The molecular weight excluding hydrogens is 210 g/mol. The van der Waals surface area contributed by atoms with Crippen molar-refractivity contribution in [2.24, 2.45) is 27.6 Å². The average molecular weight is 235 g/mol. The molecule has 0 aliphatic carbocycles. The van der Waals surface area contributed by atoms with Gasteiger partial charge in [-0.3, -0.25) is 9.98 Å². The topological polar surface area (TPSA) is 50.7 Å². The van der Waals surface area contributed by atoms with E-state index >= 15 is 0 Å². The van der Waals surface area contributed by atoms with E-state index in [0.717, 1.165) is 11.4 Å². The molecule has 0 aromatic rings. The van der Waals surface area contributed by atoms with E-state index in [1.807, 2.05) is 26.1 Å². The summed E-state index contributed by atoms with van der Waals surface area (Å²) in [7, 11) is 0. The maximum atomic E-state index is 5.80. The van der Waals surface area contributed by atoms with Crippen molar-refractivity contribution in [1.82, 2.24) is 0 Å². The van der Waals surface area contributed by atoms with Crippen molar-refractivity contribution < 1.29 is 0 Å². The van der Waals surface area contributed by atoms with Crippen LogP contribution in [0.1, 0.15) is 34.6 Å². The second-order valence-corrected chi connectivity index (χ2v) is 4.67. The van der Waals surface area contributed by atoms with Crippen LogP contribution in [-0.2, 0) is 0 Å². The van der Waals surface area contributed by atoms with Crippen molar-refractivity contribution in [1.29, 1.82) is 0 Å². The van der Waals surface area contributed by atoms with Gasteiger partial charge in [0.05, 0.1) is 0 Å². The standard InChI is InChI=1S/C14H25N3/c1-7-16-12(5)8-14(10(2)3)17-9-11(4)13(6)15/h7-11,13H,1,15H2,2-6H3/b14-8-,16-12+,17-9-. The normalized spacial score (nSPS) is 17.6. The highest BCUT2D eigenvalue weighted by Crippen LogP contribution is 2.12. The highest BCUT2D eigenvalue weighted by Gasteiger charge is 2.06. The van der Waals surface area contributed by atoms with Gasteiger partial charge in [0.1, 0.15) is 0 Å². The number of hydrogen-bond donors (Lipinski definition) is 1. The van der Waals surface area contributed by atoms with Crippen LogP contribution in [0, 0.1) is 11.8 Å². The van der Waals surface area contributed by atoms with Crippen molar-refractivity contribution in [3.05, 3.63) is 24.6 Å². The largest absolute Gasteiger partial charge is 0.327 e. The molecule has 0 bridgehead atoms. The molecule has 0 aromatic heterocycles. The summed E-state index contributed by atoms with van der Waals surface area (Å²) in [5, 5.41) is 0. The Morgan fingerprint density at radius 3 is 2.24 bits per heavy atom. The molecule has 0 amide bonds. The van der Waals surface area contributed by atoms with Gasteiger partial charge in [0.25, 0.3) is 0 Å². The Balaban J connectivity index is 4.89. The Hall–Kier alpha value is -1.22. The van der Waals surface area contributed by atoms with Crippen LogP contribution in [0.2, 0.25) is 0 Å². The third-order valence-corrected chi connectivity index (χ3v) is 2.53. The minimum Gasteiger partial charge on any atom is -0.327 e. The van der Waals surface area contributed by atoms with Crippen LogP contribution in [0.3, 0.4) is 0 Å². The summed E-state index contributed by atoms with van der Waals surface area (Å²) < 4.78 is 0. The third-order valence-electron chi connectivity index (χ3n) is 2.53. The molecule has 0 aliphatic heterocycles. The van der Waals surface area contributed by atoms with Gasteiger partial charge in [0.15, 0.2) is 0 Å². The van der Waals surface area contributed by atoms with Gasteiger partial charge in [-0.25, -0.2) is 0 Å². The van der Waals surface area contributed by atoms with Crippen molar-refractivity contribution in [3.63, 3.8) is 0 Å². The maximum Gasteiger partial charge on any atom is 0.0443 e. The molecule has 0 aliphatic rings. The first kappa shape index (κ1) is 15.8. The zero-order valence-corrected chi connectivity index (χ0v) is 11.6. The number of allylic oxidation sites excluding steroid dienone is 2. The second kappa shape index (κ2) is 7.96. The first-order chi connectivity index (χ1) is 7.88. The highest BCUT2D eigenvalue weighted by molar-refractivity contribution is 5.94. The highest BCUT2D eigenvalue weighted by atomic mass is 14.8. The van der Waals surface area contributed by atoms with Crippen LogP contribution in [-0.4, -0.2) is 18.0 Å². The second-order valence-electron chi connectivity index (χ2n) is 4.67. The lowest BCUT2D eigenvalue weighted by molar-refractivity contribution is 0.620. The van der Waals surface area contributed by atoms with Gasteiger partial charge in [-0.2, -0.15) is 0 Å². The van der Waals surface area contributed by atoms with E-state index in [0.29, 0.717) is 5.92 Å². The molecule has 96 valence electrons. The van der Waals surface area contributed by atoms with E-state index in [1.54, 1.807) is 0 Å². The molecule has 0 saturated heterocycles. The maximum absolute atomic E-state index is 5.80. The van der Waals surface area contributed by atoms with E-state index in [4.69, 9.17) is 5.73 Å². The molecule has 2 atom stereocenters. The Kier molecular flexibility index (Phi) is 7.39. The van der Waals surface area contributed by atoms with Crippen LogP contribution in [0.5, 0.6) is 0 Å². The van der Waals surface area contributed by atoms with Gasteiger partial charge >= 0.3 is 0 Å². The van der Waals surface area contributed by atoms with Crippen LogP contribution in [0.15, 0.2) is 34.5 Å². The number of rotatable bonds is 6. The van der Waals surface area contributed by atoms with Crippen molar-refractivity contribution in [3.8, 4) is 0 Å². The molecule has 3 heteroatoms. The molecule has 2 unspecified atom stereocenters. The van der Waals surface area contributed by atoms with Gasteiger partial charge in [0.2, 0.25) is 0 Å². The van der Waals surface area contributed by atoms with Gasteiger partial charge < -0.3 is 5.73 Å². The predicted octanol–water partition coefficient (Wildman–Crippen LogP) is 3.18. The first-order valence-corrected chi connectivity index (χ1v) is 6.05. The quantitative estimate of drug-likeness (QED) is 0.706. The SMILES string of the molecule is C=C/N=C(C)/C=C(\N=C/C(C)C(C)N)C(C)C. The van der Waals surface area contributed by atoms with Crippen molar-refractivity contribution in [2.75, 3.05) is 0 Å². The summed E-state index contributed by atoms with van der Waals surface area (Å²) >= 11 is 0. The third kappa shape index (κ3) is 6.84. The van der Waals surface area contributed by atoms with Crippen molar-refractivity contribution >= 4 is 11.9 Å². The van der Waals surface area contributed by atoms with E-state index in [9.17, 15) is 0 Å². The minimum atomic E-state index is 0.120. The Bertz CT molecular complexity index is 322. The summed E-state index contributed by atoms with van der Waals surface area (Å²) in [5.74, 6) is 0.635. The number of aliphatic imine (C=N–C) groups is 2. The van der Waals surface area contributed by atoms with Crippen LogP contribution in [0.4, 0.5) is 0 Å². The minimum absolute atomic E-state index is 0.120. The van der Waals surface area contributed by atoms with Gasteiger partial charge in [-0.1, -0.05) is 27.4 Å². The Morgan fingerprint density at radius 1 is 1.24 bits per heavy atom. The lowest BCUT2D eigenvalue weighted by atomic mass is 10.1. The van der Waals surface area contributed by atoms with Crippen LogP contribution in [0.25, 0.3) is 0 Å². The van der Waals surface area contributed by atoms with Gasteiger partial charge in [0, 0.05) is 35.8 Å². The average Bonchev–Trinajstić information content (AvgIpc) is 2.23. The molecule has 0 aromatic carbocycles. The molecular formula is C14H25N3. The predicted molar refractivity (Wildman–Crippen MR) is 77.5 cm³/mol. The number of nitrogens with two attached hydrogens (primary N) is 1. The molecule has 0 heterocycles. The Morgan fingerprint density at radius 2 is 1.82 bits per heavy atom. The van der Waals surface area contributed by atoms with E-state index in [1.165, 1.54) is 6.20 Å². The first-order valence-electron chi connectivity index (χ1n) is 6.05. The number of hydrogen-bond acceptors (Lipinski definition) is 3. The zero-order chi connectivity index (χ0) is 13.4. The lowest BCUT2D eigenvalue weighted by Crippen LogP contribution is -2.25. The molecule has 3 nitrogen and oxygen atoms in total. The summed E-state index contributed by atoms with van der Waals surface area (Å²) in [4.78, 5) is 8.62. The lowest BCUT2D eigenvalue weighted by Gasteiger charge is -2.11. The zero-order valence-electron chi connectivity index (χ0n) is 11.6. The molecule has 0 radical (unpaired) electrons. The molecule has 17 heavy (non-hydrogen) atoms. The molecule has 0 spiro atoms. The van der Waals surface area contributed by atoms with E-state index in [2.05, 4.69) is 37.3 Å². The number of nitrogens with zero attached hydrogens (tertiary/aromatic N) is 2. The fourth-order valence-corrected chi connectivity index (χ4v) is 1.09. The van der Waals surface area contributed by atoms with Crippen LogP contribution < -0.4 is 5.73 Å². The molecule has 2 N–H and O–H groups in total. The monoisotopic (exact) mass is 235 g/mol. The summed E-state index contributed by atoms with van der Waals surface area (Å²) in [6.45, 7) is 13.8. The molecule has 0 fully saturated rings. The fraction of sp³-hybridized carbons (Fsp3) is 0.571. The van der Waals surface area contributed by atoms with Crippen molar-refractivity contribution in [2.45, 2.75) is 40.7 Å². The van der Waals surface area contributed by atoms with Gasteiger partial charge in [-0.05, 0) is 25.8 Å². The molecule has 0 saturated carbocycles.